The van der Waals surface area contributed by atoms with Crippen LogP contribution in [0.15, 0.2) is 252 Å². The van der Waals surface area contributed by atoms with E-state index >= 15 is 0 Å². The first-order valence-corrected chi connectivity index (χ1v) is 21.3. The molecule has 1 aromatic heterocycles. The largest absolute Gasteiger partial charge is 0.247 e. The maximum Gasteiger partial charge on any atom is 0.161 e. The highest BCUT2D eigenvalue weighted by atomic mass is 14.9. The average Bonchev–Trinajstić information content (AvgIpc) is 3.61. The van der Waals surface area contributed by atoms with Gasteiger partial charge in [0.25, 0.3) is 0 Å². The predicted octanol–water partition coefficient (Wildman–Crippen LogP) is 15.2. The van der Waals surface area contributed by atoms with Gasteiger partial charge in [-0.2, -0.15) is 0 Å². The van der Waals surface area contributed by atoms with Crippen LogP contribution >= 0.6 is 0 Å². The van der Waals surface area contributed by atoms with Crippen molar-refractivity contribution in [3.8, 4) is 55.8 Å². The highest BCUT2D eigenvalue weighted by molar-refractivity contribution is 6.19. The van der Waals surface area contributed by atoms with Gasteiger partial charge in [-0.25, -0.2) is 15.0 Å². The van der Waals surface area contributed by atoms with Crippen molar-refractivity contribution in [3.63, 3.8) is 0 Å². The molecule has 0 saturated heterocycles. The van der Waals surface area contributed by atoms with E-state index in [0.29, 0.717) is 5.84 Å². The lowest BCUT2D eigenvalue weighted by Gasteiger charge is -2.16. The van der Waals surface area contributed by atoms with Crippen molar-refractivity contribution in [1.82, 2.24) is 4.98 Å². The molecule has 0 radical (unpaired) electrons. The van der Waals surface area contributed by atoms with Crippen LogP contribution in [-0.2, 0) is 0 Å². The Morgan fingerprint density at radius 1 is 0.302 bits per heavy atom. The zero-order valence-electron chi connectivity index (χ0n) is 34.4. The number of aromatic nitrogens is 1. The number of benzene rings is 9. The van der Waals surface area contributed by atoms with Crippen LogP contribution in [0, 0.1) is 0 Å². The SMILES string of the molecule is C1=CC(c2ccc(-c3cc(-c4ccc(-c5ccccc5)cc4)c4cc(-c5ccc(-c6ccccc6)cc5)c5ccccc5c4n3)cc2)=NC(c2ccccc2)=NC=1c1ccccc1. The fourth-order valence-electron chi connectivity index (χ4n) is 8.49. The minimum atomic E-state index is 0.646. The first kappa shape index (κ1) is 37.5. The average molecular weight is 802 g/mol. The molecule has 0 saturated carbocycles. The number of amidine groups is 1. The van der Waals surface area contributed by atoms with Crippen molar-refractivity contribution in [2.24, 2.45) is 9.98 Å². The summed E-state index contributed by atoms with van der Waals surface area (Å²) in [5.74, 6) is 0.646. The third kappa shape index (κ3) is 7.51. The smallest absolute Gasteiger partial charge is 0.161 e. The number of aliphatic imine (C=N–C) groups is 2. The van der Waals surface area contributed by atoms with Gasteiger partial charge in [-0.15, -0.1) is 0 Å². The van der Waals surface area contributed by atoms with Crippen molar-refractivity contribution >= 4 is 38.9 Å². The first-order chi connectivity index (χ1) is 31.2. The van der Waals surface area contributed by atoms with Gasteiger partial charge >= 0.3 is 0 Å². The van der Waals surface area contributed by atoms with Crippen molar-refractivity contribution in [2.75, 3.05) is 0 Å². The number of nitrogens with zero attached hydrogens (tertiary/aromatic N) is 3. The van der Waals surface area contributed by atoms with Crippen molar-refractivity contribution in [1.29, 1.82) is 0 Å². The van der Waals surface area contributed by atoms with E-state index in [9.17, 15) is 0 Å². The Labute approximate surface area is 367 Å². The first-order valence-electron chi connectivity index (χ1n) is 21.3. The Kier molecular flexibility index (Phi) is 9.83. The molecule has 294 valence electrons. The molecule has 63 heavy (non-hydrogen) atoms. The molecular weight excluding hydrogens is 763 g/mol. The lowest BCUT2D eigenvalue weighted by atomic mass is 9.90. The lowest BCUT2D eigenvalue weighted by Crippen LogP contribution is -2.04. The van der Waals surface area contributed by atoms with E-state index in [-0.39, 0.29) is 0 Å². The molecule has 3 heteroatoms. The third-order valence-corrected chi connectivity index (χ3v) is 11.8. The quantitative estimate of drug-likeness (QED) is 0.111. The second kappa shape index (κ2) is 16.5. The summed E-state index contributed by atoms with van der Waals surface area (Å²) < 4.78 is 0. The fraction of sp³-hybridized carbons (Fsp3) is 0. The van der Waals surface area contributed by atoms with Crippen LogP contribution in [-0.4, -0.2) is 16.5 Å². The summed E-state index contributed by atoms with van der Waals surface area (Å²) in [6, 6.07) is 81.1. The Balaban J connectivity index is 1.04. The number of pyridine rings is 1. The Bertz CT molecular complexity index is 3400. The molecule has 0 unspecified atom stereocenters. The summed E-state index contributed by atoms with van der Waals surface area (Å²) in [6.45, 7) is 0. The molecule has 11 rings (SSSR count). The van der Waals surface area contributed by atoms with Gasteiger partial charge in [0, 0.05) is 39.1 Å². The second-order valence-corrected chi connectivity index (χ2v) is 15.7. The molecule has 0 aliphatic carbocycles. The molecule has 9 aromatic carbocycles. The highest BCUT2D eigenvalue weighted by Crippen LogP contribution is 2.41. The summed E-state index contributed by atoms with van der Waals surface area (Å²) in [5.41, 5.74) is 20.2. The molecule has 3 nitrogen and oxygen atoms in total. The second-order valence-electron chi connectivity index (χ2n) is 15.7. The van der Waals surface area contributed by atoms with Gasteiger partial charge in [0.05, 0.1) is 16.9 Å². The highest BCUT2D eigenvalue weighted by Gasteiger charge is 2.18. The molecule has 0 N–H and O–H groups in total. The molecule has 1 aliphatic heterocycles. The van der Waals surface area contributed by atoms with Gasteiger partial charge in [-0.1, -0.05) is 224 Å². The molecule has 0 fully saturated rings. The van der Waals surface area contributed by atoms with Crippen LogP contribution in [0.3, 0.4) is 0 Å². The van der Waals surface area contributed by atoms with Crippen LogP contribution in [0.1, 0.15) is 16.7 Å². The summed E-state index contributed by atoms with van der Waals surface area (Å²) in [7, 11) is 0. The van der Waals surface area contributed by atoms with E-state index in [2.05, 4.69) is 188 Å². The van der Waals surface area contributed by atoms with Crippen molar-refractivity contribution < 1.29 is 0 Å². The maximum atomic E-state index is 5.49. The number of hydrogen-bond acceptors (Lipinski definition) is 3. The van der Waals surface area contributed by atoms with Crippen LogP contribution in [0.25, 0.3) is 83.1 Å². The Hall–Kier alpha value is -8.49. The number of allylic oxidation sites excluding steroid dienone is 1. The lowest BCUT2D eigenvalue weighted by molar-refractivity contribution is 1.40. The standard InChI is InChI=1S/C60H39N3/c1-5-15-41(16-6-1)43-25-29-45(30-26-43)53-39-55-54(46-31-27-44(28-32-46)42-17-7-2-8-18-42)40-58(61-59(55)52-24-14-13-23-51(52)53)49-35-33-48(34-36-49)57-38-37-56(47-19-9-3-10-20-47)62-60(63-57)50-21-11-4-12-22-50/h1-36,38-40H. The number of rotatable bonds is 8. The van der Waals surface area contributed by atoms with E-state index in [4.69, 9.17) is 15.0 Å². The van der Waals surface area contributed by atoms with Crippen LogP contribution in [0.2, 0.25) is 0 Å². The van der Waals surface area contributed by atoms with Crippen molar-refractivity contribution in [3.05, 3.63) is 259 Å². The predicted molar refractivity (Wildman–Crippen MR) is 264 cm³/mol. The molecule has 0 bridgehead atoms. The summed E-state index contributed by atoms with van der Waals surface area (Å²) in [6.07, 6.45) is 1.95. The van der Waals surface area contributed by atoms with Gasteiger partial charge in [0.2, 0.25) is 0 Å². The van der Waals surface area contributed by atoms with Gasteiger partial charge in [0.1, 0.15) is 5.70 Å². The van der Waals surface area contributed by atoms with Crippen LogP contribution in [0.4, 0.5) is 0 Å². The number of fused-ring (bicyclic) bond motifs is 3. The maximum absolute atomic E-state index is 5.49. The van der Waals surface area contributed by atoms with Gasteiger partial charge in [-0.05, 0) is 62.0 Å². The van der Waals surface area contributed by atoms with E-state index in [0.717, 1.165) is 66.8 Å². The zero-order valence-corrected chi connectivity index (χ0v) is 34.4. The van der Waals surface area contributed by atoms with E-state index < -0.39 is 0 Å². The monoisotopic (exact) mass is 801 g/mol. The Morgan fingerprint density at radius 3 is 1.30 bits per heavy atom. The summed E-state index contributed by atoms with van der Waals surface area (Å²) >= 11 is 0. The van der Waals surface area contributed by atoms with Crippen LogP contribution in [0.5, 0.6) is 0 Å². The molecule has 0 amide bonds. The third-order valence-electron chi connectivity index (χ3n) is 11.8. The van der Waals surface area contributed by atoms with Gasteiger partial charge in [-0.3, -0.25) is 0 Å². The summed E-state index contributed by atoms with van der Waals surface area (Å²) in [4.78, 5) is 15.6. The molecule has 2 heterocycles. The molecule has 0 atom stereocenters. The number of hydrogen-bond donors (Lipinski definition) is 0. The molecular formula is C60H39N3. The van der Waals surface area contributed by atoms with Gasteiger partial charge in [0.15, 0.2) is 5.84 Å². The Morgan fingerprint density at radius 2 is 0.730 bits per heavy atom. The topological polar surface area (TPSA) is 37.6 Å². The fourth-order valence-corrected chi connectivity index (χ4v) is 8.49. The molecule has 1 aliphatic rings. The normalized spacial score (nSPS) is 12.4. The summed E-state index contributed by atoms with van der Waals surface area (Å²) in [5, 5.41) is 3.39. The van der Waals surface area contributed by atoms with Crippen molar-refractivity contribution in [2.45, 2.75) is 0 Å². The zero-order chi connectivity index (χ0) is 42.0. The van der Waals surface area contributed by atoms with Gasteiger partial charge < -0.3 is 0 Å². The van der Waals surface area contributed by atoms with E-state index in [1.807, 2.05) is 54.6 Å². The minimum Gasteiger partial charge on any atom is -0.247 e. The molecule has 10 aromatic rings. The van der Waals surface area contributed by atoms with Crippen LogP contribution < -0.4 is 0 Å². The van der Waals surface area contributed by atoms with E-state index in [1.54, 1.807) is 0 Å². The van der Waals surface area contributed by atoms with E-state index in [1.165, 1.54) is 38.8 Å². The molecule has 0 spiro atoms. The minimum absolute atomic E-state index is 0.646.